The van der Waals surface area contributed by atoms with E-state index in [9.17, 15) is 29.4 Å². The molecule has 70 heavy (non-hydrogen) atoms. The number of fused-ring (bicyclic) bond motifs is 1. The lowest BCUT2D eigenvalue weighted by atomic mass is 9.85. The molecule has 7 rings (SSSR count). The molecule has 7 atom stereocenters. The Morgan fingerprint density at radius 2 is 1.56 bits per heavy atom. The Labute approximate surface area is 419 Å². The molecule has 4 aromatic rings. The predicted octanol–water partition coefficient (Wildman–Crippen LogP) is 4.92. The zero-order valence-corrected chi connectivity index (χ0v) is 42.6. The van der Waals surface area contributed by atoms with E-state index in [1.807, 2.05) is 81.4 Å². The van der Waals surface area contributed by atoms with Crippen molar-refractivity contribution in [3.63, 3.8) is 0 Å². The van der Waals surface area contributed by atoms with Crippen molar-refractivity contribution in [3.8, 4) is 10.4 Å². The Kier molecular flexibility index (Phi) is 18.0. The molecule has 2 aromatic heterocycles. The number of piperazine rings is 1. The molecule has 17 nitrogen and oxygen atoms in total. The largest absolute Gasteiger partial charge is 0.391 e. The van der Waals surface area contributed by atoms with E-state index in [2.05, 4.69) is 42.7 Å². The van der Waals surface area contributed by atoms with E-state index in [4.69, 9.17) is 21.1 Å². The van der Waals surface area contributed by atoms with Crippen molar-refractivity contribution in [2.24, 2.45) is 5.41 Å². The summed E-state index contributed by atoms with van der Waals surface area (Å²) in [7, 11) is 0. The molecule has 2 aliphatic heterocycles. The molecule has 0 saturated carbocycles. The first kappa shape index (κ1) is 52.7. The molecule has 2 aromatic carbocycles. The standard InChI is InChI=1S/C51H68ClN9O8S/c1-31-25-41(63)44-43(31)47(55-29-54-44)59-17-19-60(20-18-59)49(66)39(35-11-13-37(52)14-12-35)27-53-16-22-69-24-23-68-21-15-42(64)58-46(51(4,5)6)50(67)61-28-38(62)26-40(61)48(65)57-32(2)34-7-9-36(10-8-34)45-33(3)56-30-70-45/h7-14,29-32,38-41,46,53,62-63H,15-28H2,1-6H3,(H,57,65)(H,58,64)/t31-,32?,38-,39?,40+,41-,46?/m1/s1. The van der Waals surface area contributed by atoms with Crippen LogP contribution in [0, 0.1) is 12.3 Å². The summed E-state index contributed by atoms with van der Waals surface area (Å²) in [6.07, 6.45) is 0.782. The first-order valence-electron chi connectivity index (χ1n) is 24.3. The fourth-order valence-corrected chi connectivity index (χ4v) is 10.4. The fraction of sp³-hybridized carbons (Fsp3) is 0.549. The zero-order chi connectivity index (χ0) is 50.1. The second-order valence-corrected chi connectivity index (χ2v) is 20.9. The lowest BCUT2D eigenvalue weighted by molar-refractivity contribution is -0.144. The number of ether oxygens (including phenoxy) is 2. The summed E-state index contributed by atoms with van der Waals surface area (Å²) in [5, 5.41) is 31.0. The van der Waals surface area contributed by atoms with Gasteiger partial charge in [0.2, 0.25) is 23.6 Å². The number of aliphatic hydroxyl groups excluding tert-OH is 2. The lowest BCUT2D eigenvalue weighted by Crippen LogP contribution is -2.58. The van der Waals surface area contributed by atoms with Gasteiger partial charge in [-0.2, -0.15) is 0 Å². The second kappa shape index (κ2) is 23.9. The van der Waals surface area contributed by atoms with Crippen molar-refractivity contribution in [2.45, 2.75) is 103 Å². The number of aliphatic hydroxyl groups is 2. The van der Waals surface area contributed by atoms with E-state index in [0.717, 1.165) is 38.6 Å². The van der Waals surface area contributed by atoms with Crippen molar-refractivity contribution >= 4 is 52.4 Å². The molecule has 4 amide bonds. The number of likely N-dealkylation sites (tertiary alicyclic amines) is 1. The van der Waals surface area contributed by atoms with Crippen molar-refractivity contribution in [1.82, 2.24) is 40.7 Å². The fourth-order valence-electron chi connectivity index (χ4n) is 9.48. The minimum absolute atomic E-state index is 0.00786. The lowest BCUT2D eigenvalue weighted by Gasteiger charge is -2.38. The van der Waals surface area contributed by atoms with Crippen LogP contribution >= 0.6 is 22.9 Å². The van der Waals surface area contributed by atoms with Crippen LogP contribution in [-0.2, 0) is 28.7 Å². The SMILES string of the molecule is Cc1ncsc1-c1ccc(C(C)NC(=O)[C@@H]2C[C@@H](O)CN2C(=O)C(NC(=O)CCOCCOCCNCC(C(=O)N2CCN(c3ncnc4c3[C@H](C)C[C@H]4O)CC2)c2ccc(Cl)cc2)C(C)(C)C)cc1. The van der Waals surface area contributed by atoms with E-state index in [0.29, 0.717) is 69.6 Å². The maximum absolute atomic E-state index is 14.1. The highest BCUT2D eigenvalue weighted by Crippen LogP contribution is 2.43. The van der Waals surface area contributed by atoms with Gasteiger partial charge in [0.25, 0.3) is 0 Å². The maximum atomic E-state index is 14.1. The Balaban J connectivity index is 0.811. The number of nitrogens with zero attached hydrogens (tertiary/aromatic N) is 6. The number of thiazole rings is 1. The average Bonchev–Trinajstić information content (AvgIpc) is 4.04. The third kappa shape index (κ3) is 13.1. The van der Waals surface area contributed by atoms with Gasteiger partial charge in [0, 0.05) is 69.2 Å². The van der Waals surface area contributed by atoms with Gasteiger partial charge in [0.05, 0.1) is 72.4 Å². The van der Waals surface area contributed by atoms with E-state index < -0.39 is 41.5 Å². The molecular formula is C51H68ClN9O8S. The number of amides is 4. The first-order chi connectivity index (χ1) is 33.5. The van der Waals surface area contributed by atoms with Gasteiger partial charge in [-0.1, -0.05) is 75.7 Å². The minimum Gasteiger partial charge on any atom is -0.391 e. The van der Waals surface area contributed by atoms with Crippen LogP contribution < -0.4 is 20.9 Å². The number of carbonyl (C=O) groups excluding carboxylic acids is 4. The number of nitrogens with one attached hydrogen (secondary N) is 3. The van der Waals surface area contributed by atoms with E-state index in [-0.39, 0.29) is 62.3 Å². The number of hydrogen-bond acceptors (Lipinski definition) is 14. The molecule has 0 bridgehead atoms. The quantitative estimate of drug-likeness (QED) is 0.0746. The van der Waals surface area contributed by atoms with Gasteiger partial charge >= 0.3 is 0 Å². The molecule has 3 unspecified atom stereocenters. The highest BCUT2D eigenvalue weighted by Gasteiger charge is 2.45. The molecule has 2 saturated heterocycles. The average molecular weight is 1000 g/mol. The summed E-state index contributed by atoms with van der Waals surface area (Å²) in [6, 6.07) is 13.1. The van der Waals surface area contributed by atoms with Crippen LogP contribution in [0.3, 0.4) is 0 Å². The molecule has 0 spiro atoms. The number of carbonyl (C=O) groups is 4. The Hall–Kier alpha value is -5.08. The smallest absolute Gasteiger partial charge is 0.246 e. The normalized spacial score (nSPS) is 20.5. The number of anilines is 1. The molecule has 5 N–H and O–H groups in total. The van der Waals surface area contributed by atoms with Crippen molar-refractivity contribution < 1.29 is 38.9 Å². The van der Waals surface area contributed by atoms with Gasteiger partial charge in [-0.05, 0) is 60.4 Å². The van der Waals surface area contributed by atoms with Gasteiger partial charge in [0.15, 0.2) is 0 Å². The van der Waals surface area contributed by atoms with Crippen molar-refractivity contribution in [2.75, 3.05) is 77.1 Å². The van der Waals surface area contributed by atoms with E-state index in [1.165, 1.54) is 11.2 Å². The van der Waals surface area contributed by atoms with Crippen LogP contribution in [0.15, 0.2) is 60.4 Å². The third-order valence-corrected chi connectivity index (χ3v) is 14.6. The molecular weight excluding hydrogens is 934 g/mol. The van der Waals surface area contributed by atoms with Crippen LogP contribution in [0.2, 0.25) is 5.02 Å². The number of hydrogen-bond donors (Lipinski definition) is 5. The monoisotopic (exact) mass is 1000 g/mol. The van der Waals surface area contributed by atoms with Crippen LogP contribution in [0.1, 0.15) is 106 Å². The second-order valence-electron chi connectivity index (χ2n) is 19.6. The highest BCUT2D eigenvalue weighted by molar-refractivity contribution is 7.13. The Morgan fingerprint density at radius 1 is 0.871 bits per heavy atom. The highest BCUT2D eigenvalue weighted by atomic mass is 35.5. The van der Waals surface area contributed by atoms with Crippen molar-refractivity contribution in [1.29, 1.82) is 0 Å². The van der Waals surface area contributed by atoms with E-state index >= 15 is 0 Å². The number of β-amino-alcohol motifs (C(OH)–C–C–N with tert-alkyl or cyclic N) is 1. The van der Waals surface area contributed by atoms with E-state index in [1.54, 1.807) is 23.5 Å². The topological polar surface area (TPSA) is 212 Å². The third-order valence-electron chi connectivity index (χ3n) is 13.4. The van der Waals surface area contributed by atoms with Crippen LogP contribution in [0.4, 0.5) is 5.82 Å². The number of aryl methyl sites for hydroxylation is 1. The molecule has 19 heteroatoms. The van der Waals surface area contributed by atoms with Crippen LogP contribution in [0.5, 0.6) is 0 Å². The number of rotatable bonds is 20. The molecule has 378 valence electrons. The maximum Gasteiger partial charge on any atom is 0.246 e. The Bertz CT molecular complexity index is 2410. The van der Waals surface area contributed by atoms with Gasteiger partial charge in [0.1, 0.15) is 24.2 Å². The molecule has 3 aliphatic rings. The number of aromatic nitrogens is 3. The molecule has 4 heterocycles. The summed E-state index contributed by atoms with van der Waals surface area (Å²) in [4.78, 5) is 74.8. The van der Waals surface area contributed by atoms with Crippen molar-refractivity contribution in [3.05, 3.63) is 93.5 Å². The first-order valence-corrected chi connectivity index (χ1v) is 25.5. The summed E-state index contributed by atoms with van der Waals surface area (Å²) in [5.41, 5.74) is 6.59. The van der Waals surface area contributed by atoms with Gasteiger partial charge < -0.3 is 50.3 Å². The Morgan fingerprint density at radius 3 is 2.23 bits per heavy atom. The van der Waals surface area contributed by atoms with Gasteiger partial charge in [-0.25, -0.2) is 15.0 Å². The number of benzene rings is 2. The predicted molar refractivity (Wildman–Crippen MR) is 268 cm³/mol. The summed E-state index contributed by atoms with van der Waals surface area (Å²) in [6.45, 7) is 15.7. The minimum atomic E-state index is -0.951. The molecule has 2 fully saturated rings. The summed E-state index contributed by atoms with van der Waals surface area (Å²) < 4.78 is 11.5. The van der Waals surface area contributed by atoms with Crippen LogP contribution in [0.25, 0.3) is 10.4 Å². The van der Waals surface area contributed by atoms with Gasteiger partial charge in [-0.15, -0.1) is 11.3 Å². The molecule has 1 aliphatic carbocycles. The zero-order valence-electron chi connectivity index (χ0n) is 41.0. The van der Waals surface area contributed by atoms with Crippen LogP contribution in [-0.4, -0.2) is 149 Å². The van der Waals surface area contributed by atoms with Gasteiger partial charge in [-0.3, -0.25) is 19.2 Å². The summed E-state index contributed by atoms with van der Waals surface area (Å²) in [5.74, 6) is -0.585. The molecule has 0 radical (unpaired) electrons. The number of halogens is 1. The summed E-state index contributed by atoms with van der Waals surface area (Å²) >= 11 is 7.78.